The molecule has 1 aromatic rings. The monoisotopic (exact) mass is 329 g/mol. The van der Waals surface area contributed by atoms with Crippen LogP contribution in [0.3, 0.4) is 0 Å². The van der Waals surface area contributed by atoms with Crippen LogP contribution in [-0.2, 0) is 21.5 Å². The third-order valence-electron chi connectivity index (χ3n) is 3.85. The summed E-state index contributed by atoms with van der Waals surface area (Å²) in [4.78, 5) is 12.3. The van der Waals surface area contributed by atoms with E-state index in [4.69, 9.17) is 4.42 Å². The molecule has 1 atom stereocenters. The fourth-order valence-corrected chi connectivity index (χ4v) is 4.51. The Morgan fingerprint density at radius 2 is 2.18 bits per heavy atom. The summed E-state index contributed by atoms with van der Waals surface area (Å²) in [6.45, 7) is 5.04. The second-order valence-electron chi connectivity index (χ2n) is 5.16. The van der Waals surface area contributed by atoms with E-state index < -0.39 is 16.3 Å². The van der Waals surface area contributed by atoms with Gasteiger partial charge >= 0.3 is 0 Å². The molecule has 1 aromatic heterocycles. The van der Waals surface area contributed by atoms with Gasteiger partial charge in [0.2, 0.25) is 5.91 Å². The molecule has 1 aliphatic rings. The summed E-state index contributed by atoms with van der Waals surface area (Å²) in [6, 6.07) is 2.87. The van der Waals surface area contributed by atoms with E-state index in [0.717, 1.165) is 0 Å². The maximum atomic E-state index is 12.6. The molecule has 0 spiro atoms. The average molecular weight is 329 g/mol. The van der Waals surface area contributed by atoms with Crippen molar-refractivity contribution in [3.63, 3.8) is 0 Å². The van der Waals surface area contributed by atoms with Crippen molar-refractivity contribution < 1.29 is 17.6 Å². The number of furan rings is 1. The molecule has 1 N–H and O–H groups in total. The van der Waals surface area contributed by atoms with Crippen LogP contribution in [-0.4, -0.2) is 48.6 Å². The predicted octanol–water partition coefficient (Wildman–Crippen LogP) is 0.947. The van der Waals surface area contributed by atoms with Crippen LogP contribution in [0.5, 0.6) is 0 Å². The van der Waals surface area contributed by atoms with E-state index in [1.54, 1.807) is 26.0 Å². The highest BCUT2D eigenvalue weighted by molar-refractivity contribution is 7.86. The summed E-state index contributed by atoms with van der Waals surface area (Å²) in [5.41, 5.74) is 0. The van der Waals surface area contributed by atoms with Crippen molar-refractivity contribution in [3.05, 3.63) is 24.2 Å². The van der Waals surface area contributed by atoms with E-state index in [0.29, 0.717) is 38.2 Å². The zero-order chi connectivity index (χ0) is 16.2. The fraction of sp³-hybridized carbons (Fsp3) is 0.643. The average Bonchev–Trinajstić information content (AvgIpc) is 3.17. The smallest absolute Gasteiger partial charge is 0.282 e. The molecular weight excluding hydrogens is 306 g/mol. The van der Waals surface area contributed by atoms with Gasteiger partial charge in [-0.3, -0.25) is 4.79 Å². The van der Waals surface area contributed by atoms with Crippen molar-refractivity contribution >= 4 is 16.1 Å². The Bertz CT molecular complexity index is 581. The van der Waals surface area contributed by atoms with E-state index in [1.807, 2.05) is 0 Å². The van der Waals surface area contributed by atoms with Gasteiger partial charge in [-0.1, -0.05) is 13.8 Å². The van der Waals surface area contributed by atoms with Gasteiger partial charge in [0.1, 0.15) is 11.8 Å². The van der Waals surface area contributed by atoms with E-state index in [2.05, 4.69) is 5.32 Å². The molecule has 2 rings (SSSR count). The van der Waals surface area contributed by atoms with Crippen molar-refractivity contribution in [2.45, 2.75) is 39.3 Å². The quantitative estimate of drug-likeness (QED) is 0.807. The van der Waals surface area contributed by atoms with Gasteiger partial charge in [0.15, 0.2) is 0 Å². The fourth-order valence-electron chi connectivity index (χ4n) is 2.68. The van der Waals surface area contributed by atoms with Crippen molar-refractivity contribution in [2.75, 3.05) is 19.6 Å². The first-order chi connectivity index (χ1) is 10.5. The Morgan fingerprint density at radius 3 is 2.77 bits per heavy atom. The van der Waals surface area contributed by atoms with E-state index in [9.17, 15) is 13.2 Å². The SMILES string of the molecule is CCN(CC)S(=O)(=O)N1CCCC1C(=O)NCc1ccco1. The summed E-state index contributed by atoms with van der Waals surface area (Å²) in [6.07, 6.45) is 2.78. The molecule has 0 aromatic carbocycles. The first-order valence-corrected chi connectivity index (χ1v) is 8.97. The van der Waals surface area contributed by atoms with Crippen LogP contribution in [0.15, 0.2) is 22.8 Å². The first kappa shape index (κ1) is 17.0. The Morgan fingerprint density at radius 1 is 1.45 bits per heavy atom. The Kier molecular flexibility index (Phi) is 5.60. The Balaban J connectivity index is 2.04. The second kappa shape index (κ2) is 7.26. The lowest BCUT2D eigenvalue weighted by atomic mass is 10.2. The molecule has 124 valence electrons. The third kappa shape index (κ3) is 3.50. The minimum Gasteiger partial charge on any atom is -0.467 e. The Hall–Kier alpha value is -1.38. The molecule has 1 saturated heterocycles. The minimum atomic E-state index is -3.58. The van der Waals surface area contributed by atoms with E-state index in [1.165, 1.54) is 14.9 Å². The molecule has 0 radical (unpaired) electrons. The summed E-state index contributed by atoms with van der Waals surface area (Å²) in [5.74, 6) is 0.370. The van der Waals surface area contributed by atoms with Gasteiger partial charge in [0.05, 0.1) is 12.8 Å². The molecule has 1 unspecified atom stereocenters. The molecule has 8 heteroatoms. The zero-order valence-corrected chi connectivity index (χ0v) is 13.8. The molecule has 7 nitrogen and oxygen atoms in total. The van der Waals surface area contributed by atoms with Crippen molar-refractivity contribution in [1.82, 2.24) is 13.9 Å². The van der Waals surface area contributed by atoms with Crippen LogP contribution in [0, 0.1) is 0 Å². The highest BCUT2D eigenvalue weighted by atomic mass is 32.2. The maximum Gasteiger partial charge on any atom is 0.282 e. The molecule has 2 heterocycles. The lowest BCUT2D eigenvalue weighted by molar-refractivity contribution is -0.124. The largest absolute Gasteiger partial charge is 0.467 e. The molecule has 1 aliphatic heterocycles. The molecular formula is C14H23N3O4S. The van der Waals surface area contributed by atoms with Gasteiger partial charge in [-0.15, -0.1) is 0 Å². The summed E-state index contributed by atoms with van der Waals surface area (Å²) in [7, 11) is -3.58. The van der Waals surface area contributed by atoms with Crippen LogP contribution in [0.2, 0.25) is 0 Å². The van der Waals surface area contributed by atoms with Crippen LogP contribution >= 0.6 is 0 Å². The topological polar surface area (TPSA) is 82.9 Å². The second-order valence-corrected chi connectivity index (χ2v) is 7.04. The highest BCUT2D eigenvalue weighted by Crippen LogP contribution is 2.23. The number of hydrogen-bond donors (Lipinski definition) is 1. The van der Waals surface area contributed by atoms with E-state index >= 15 is 0 Å². The standard InChI is InChI=1S/C14H23N3O4S/c1-3-16(4-2)22(19,20)17-9-5-8-13(17)14(18)15-11-12-7-6-10-21-12/h6-7,10,13H,3-5,8-9,11H2,1-2H3,(H,15,18). The number of nitrogens with zero attached hydrogens (tertiary/aromatic N) is 2. The van der Waals surface area contributed by atoms with Crippen molar-refractivity contribution in [3.8, 4) is 0 Å². The number of carbonyl (C=O) groups excluding carboxylic acids is 1. The third-order valence-corrected chi connectivity index (χ3v) is 6.05. The molecule has 0 saturated carbocycles. The van der Waals surface area contributed by atoms with Gasteiger partial charge in [-0.2, -0.15) is 17.0 Å². The van der Waals surface area contributed by atoms with Crippen LogP contribution < -0.4 is 5.32 Å². The lowest BCUT2D eigenvalue weighted by Gasteiger charge is -2.29. The first-order valence-electron chi connectivity index (χ1n) is 7.57. The molecule has 0 bridgehead atoms. The normalized spacial score (nSPS) is 19.7. The number of rotatable bonds is 7. The van der Waals surface area contributed by atoms with Gasteiger partial charge in [0.25, 0.3) is 10.2 Å². The van der Waals surface area contributed by atoms with Gasteiger partial charge in [0, 0.05) is 19.6 Å². The predicted molar refractivity (Wildman–Crippen MR) is 82.1 cm³/mol. The van der Waals surface area contributed by atoms with Crippen LogP contribution in [0.1, 0.15) is 32.4 Å². The van der Waals surface area contributed by atoms with Crippen LogP contribution in [0.4, 0.5) is 0 Å². The minimum absolute atomic E-state index is 0.265. The maximum absolute atomic E-state index is 12.6. The number of nitrogens with one attached hydrogen (secondary N) is 1. The van der Waals surface area contributed by atoms with Crippen molar-refractivity contribution in [1.29, 1.82) is 0 Å². The van der Waals surface area contributed by atoms with Gasteiger partial charge < -0.3 is 9.73 Å². The lowest BCUT2D eigenvalue weighted by Crippen LogP contribution is -2.50. The zero-order valence-electron chi connectivity index (χ0n) is 13.0. The summed E-state index contributed by atoms with van der Waals surface area (Å²) >= 11 is 0. The molecule has 0 aliphatic carbocycles. The Labute approximate surface area is 131 Å². The summed E-state index contributed by atoms with van der Waals surface area (Å²) < 4.78 is 33.0. The number of carbonyl (C=O) groups is 1. The molecule has 1 amide bonds. The van der Waals surface area contributed by atoms with Gasteiger partial charge in [-0.25, -0.2) is 0 Å². The molecule has 1 fully saturated rings. The van der Waals surface area contributed by atoms with Gasteiger partial charge in [-0.05, 0) is 25.0 Å². The summed E-state index contributed by atoms with van der Waals surface area (Å²) in [5, 5.41) is 2.75. The number of hydrogen-bond acceptors (Lipinski definition) is 4. The molecule has 22 heavy (non-hydrogen) atoms. The van der Waals surface area contributed by atoms with Crippen molar-refractivity contribution in [2.24, 2.45) is 0 Å². The van der Waals surface area contributed by atoms with E-state index in [-0.39, 0.29) is 12.5 Å². The van der Waals surface area contributed by atoms with Crippen LogP contribution in [0.25, 0.3) is 0 Å². The highest BCUT2D eigenvalue weighted by Gasteiger charge is 2.40. The number of amides is 1.